The average Bonchev–Trinajstić information content (AvgIpc) is 2.92. The van der Waals surface area contributed by atoms with E-state index in [0.717, 1.165) is 26.5 Å². The van der Waals surface area contributed by atoms with Crippen LogP contribution in [0, 0.1) is 0 Å². The number of ether oxygens (including phenoxy) is 1. The Bertz CT molecular complexity index is 1460. The molecule has 0 aromatic heterocycles. The van der Waals surface area contributed by atoms with E-state index < -0.39 is 28.1 Å². The number of amides is 1. The Morgan fingerprint density at radius 1 is 1.00 bits per heavy atom. The maximum atomic E-state index is 13.7. The maximum Gasteiger partial charge on any atom is 0.251 e. The molecule has 1 aliphatic heterocycles. The molecular formula is C31H38Br2ClN3O5S. The lowest BCUT2D eigenvalue weighted by atomic mass is 10.00. The van der Waals surface area contributed by atoms with E-state index in [1.807, 2.05) is 62.4 Å². The largest absolute Gasteiger partial charge is 0.491 e. The number of rotatable bonds is 12. The van der Waals surface area contributed by atoms with E-state index in [4.69, 9.17) is 4.74 Å². The first-order valence-corrected chi connectivity index (χ1v) is 17.2. The molecule has 12 heteroatoms. The molecule has 234 valence electrons. The fraction of sp³-hybridized carbons (Fsp3) is 0.387. The minimum atomic E-state index is -3.49. The molecule has 43 heavy (non-hydrogen) atoms. The third-order valence-corrected chi connectivity index (χ3v) is 9.63. The Balaban J connectivity index is 0.00000506. The zero-order chi connectivity index (χ0) is 30.3. The number of carbonyl (C=O) groups excluding carboxylic acids is 1. The van der Waals surface area contributed by atoms with Crippen molar-refractivity contribution >= 4 is 65.9 Å². The summed E-state index contributed by atoms with van der Waals surface area (Å²) in [5, 5.41) is 17.5. The van der Waals surface area contributed by atoms with Crippen LogP contribution in [0.5, 0.6) is 5.75 Å². The van der Waals surface area contributed by atoms with E-state index in [1.165, 1.54) is 4.31 Å². The predicted octanol–water partition coefficient (Wildman–Crippen LogP) is 5.84. The molecule has 1 aliphatic rings. The van der Waals surface area contributed by atoms with E-state index in [-0.39, 0.29) is 36.4 Å². The summed E-state index contributed by atoms with van der Waals surface area (Å²) in [5.74, 6) is 0.0603. The van der Waals surface area contributed by atoms with Crippen molar-refractivity contribution in [3.8, 4) is 5.75 Å². The topological polar surface area (TPSA) is 108 Å². The number of nitrogens with one attached hydrogen (secondary N) is 2. The van der Waals surface area contributed by atoms with Gasteiger partial charge in [-0.2, -0.15) is 0 Å². The van der Waals surface area contributed by atoms with Crippen LogP contribution in [0.15, 0.2) is 75.7 Å². The summed E-state index contributed by atoms with van der Waals surface area (Å²) in [6, 6.07) is 19.9. The summed E-state index contributed by atoms with van der Waals surface area (Å²) in [6.45, 7) is 4.87. The minimum absolute atomic E-state index is 0. The quantitative estimate of drug-likeness (QED) is 0.214. The van der Waals surface area contributed by atoms with Gasteiger partial charge in [0.15, 0.2) is 0 Å². The molecule has 1 amide bonds. The van der Waals surface area contributed by atoms with Crippen LogP contribution in [0.1, 0.15) is 48.2 Å². The summed E-state index contributed by atoms with van der Waals surface area (Å²) in [4.78, 5) is 13.7. The predicted molar refractivity (Wildman–Crippen MR) is 181 cm³/mol. The molecule has 4 rings (SSSR count). The Morgan fingerprint density at radius 2 is 1.70 bits per heavy atom. The third-order valence-electron chi connectivity index (χ3n) is 6.85. The van der Waals surface area contributed by atoms with Crippen LogP contribution in [0.4, 0.5) is 5.69 Å². The van der Waals surface area contributed by atoms with Crippen LogP contribution in [0.3, 0.4) is 0 Å². The second-order valence-electron chi connectivity index (χ2n) is 10.7. The highest BCUT2D eigenvalue weighted by molar-refractivity contribution is 9.11. The number of aliphatic hydroxyl groups excluding tert-OH is 1. The van der Waals surface area contributed by atoms with Gasteiger partial charge in [0.2, 0.25) is 10.0 Å². The highest BCUT2D eigenvalue weighted by atomic mass is 79.9. The number of hydrogen-bond donors (Lipinski definition) is 3. The molecule has 0 aliphatic carbocycles. The smallest absolute Gasteiger partial charge is 0.251 e. The fourth-order valence-corrected chi connectivity index (χ4v) is 7.91. The Morgan fingerprint density at radius 3 is 2.35 bits per heavy atom. The molecule has 0 radical (unpaired) electrons. The van der Waals surface area contributed by atoms with Crippen LogP contribution < -0.4 is 19.7 Å². The number of nitrogens with zero attached hydrogens (tertiary/aromatic N) is 1. The molecule has 0 bridgehead atoms. The zero-order valence-corrected chi connectivity index (χ0v) is 28.9. The van der Waals surface area contributed by atoms with E-state index in [9.17, 15) is 18.3 Å². The van der Waals surface area contributed by atoms with Crippen molar-refractivity contribution in [2.24, 2.45) is 0 Å². The van der Waals surface area contributed by atoms with E-state index in [2.05, 4.69) is 42.5 Å². The Labute approximate surface area is 277 Å². The van der Waals surface area contributed by atoms with Gasteiger partial charge < -0.3 is 20.5 Å². The summed E-state index contributed by atoms with van der Waals surface area (Å²) < 4.78 is 34.8. The molecule has 3 aromatic carbocycles. The number of halogens is 3. The van der Waals surface area contributed by atoms with Gasteiger partial charge in [0.1, 0.15) is 5.75 Å². The number of hydrogen-bond acceptors (Lipinski definition) is 6. The van der Waals surface area contributed by atoms with Crippen LogP contribution in [-0.2, 0) is 23.0 Å². The number of benzene rings is 3. The summed E-state index contributed by atoms with van der Waals surface area (Å²) in [7, 11) is -3.49. The molecule has 0 saturated carbocycles. The first-order valence-electron chi connectivity index (χ1n) is 14.0. The molecule has 1 saturated heterocycles. The van der Waals surface area contributed by atoms with Crippen molar-refractivity contribution in [1.29, 1.82) is 0 Å². The van der Waals surface area contributed by atoms with E-state index in [1.54, 1.807) is 18.2 Å². The normalized spacial score (nSPS) is 15.8. The van der Waals surface area contributed by atoms with E-state index >= 15 is 0 Å². The molecule has 8 nitrogen and oxygen atoms in total. The molecule has 1 fully saturated rings. The van der Waals surface area contributed by atoms with Crippen LogP contribution in [-0.4, -0.2) is 56.5 Å². The Hall–Kier alpha value is -2.15. The number of anilines is 1. The van der Waals surface area contributed by atoms with Gasteiger partial charge in [0, 0.05) is 40.2 Å². The van der Waals surface area contributed by atoms with Gasteiger partial charge in [-0.25, -0.2) is 8.42 Å². The molecule has 0 spiro atoms. The van der Waals surface area contributed by atoms with Crippen LogP contribution >= 0.6 is 44.3 Å². The molecule has 2 atom stereocenters. The monoisotopic (exact) mass is 757 g/mol. The van der Waals surface area contributed by atoms with Crippen LogP contribution in [0.2, 0.25) is 0 Å². The highest BCUT2D eigenvalue weighted by Gasteiger charge is 2.28. The number of aliphatic hydroxyl groups is 1. The van der Waals surface area contributed by atoms with Gasteiger partial charge in [0.25, 0.3) is 5.91 Å². The minimum Gasteiger partial charge on any atom is -0.491 e. The van der Waals surface area contributed by atoms with Crippen molar-refractivity contribution in [1.82, 2.24) is 10.6 Å². The van der Waals surface area contributed by atoms with Crippen molar-refractivity contribution in [3.63, 3.8) is 0 Å². The highest BCUT2D eigenvalue weighted by Crippen LogP contribution is 2.30. The van der Waals surface area contributed by atoms with Crippen LogP contribution in [0.25, 0.3) is 0 Å². The van der Waals surface area contributed by atoms with Gasteiger partial charge in [-0.1, -0.05) is 62.2 Å². The lowest BCUT2D eigenvalue weighted by Crippen LogP contribution is -2.48. The summed E-state index contributed by atoms with van der Waals surface area (Å²) >= 11 is 7.00. The van der Waals surface area contributed by atoms with Crippen molar-refractivity contribution < 1.29 is 23.1 Å². The molecule has 0 unspecified atom stereocenters. The SMILES string of the molecule is CC(C)Oc1cc(C(=O)N[C@@H](Cc2ccccc2)[C@H](O)CNCc2cc(Br)cc(Br)c2)cc(N2CCCCS2(=O)=O)c1.Cl. The van der Waals surface area contributed by atoms with Crippen molar-refractivity contribution in [2.45, 2.75) is 57.9 Å². The van der Waals surface area contributed by atoms with Gasteiger partial charge in [0.05, 0.1) is 29.7 Å². The number of sulfonamides is 1. The summed E-state index contributed by atoms with van der Waals surface area (Å²) in [6.07, 6.45) is 0.694. The fourth-order valence-electron chi connectivity index (χ4n) is 4.90. The average molecular weight is 760 g/mol. The first-order chi connectivity index (χ1) is 20.0. The Kier molecular flexibility index (Phi) is 13.3. The van der Waals surface area contributed by atoms with Crippen molar-refractivity contribution in [3.05, 3.63) is 92.4 Å². The molecule has 1 heterocycles. The maximum absolute atomic E-state index is 13.7. The van der Waals surface area contributed by atoms with Crippen molar-refractivity contribution in [2.75, 3.05) is 23.1 Å². The lowest BCUT2D eigenvalue weighted by molar-refractivity contribution is 0.0829. The van der Waals surface area contributed by atoms with Gasteiger partial charge >= 0.3 is 0 Å². The molecule has 3 aromatic rings. The van der Waals surface area contributed by atoms with Gasteiger partial charge in [-0.3, -0.25) is 9.10 Å². The number of carbonyl (C=O) groups is 1. The lowest BCUT2D eigenvalue weighted by Gasteiger charge is -2.29. The van der Waals surface area contributed by atoms with Gasteiger partial charge in [-0.05, 0) is 74.6 Å². The third kappa shape index (κ3) is 10.5. The summed E-state index contributed by atoms with van der Waals surface area (Å²) in [5.41, 5.74) is 2.67. The zero-order valence-electron chi connectivity index (χ0n) is 24.1. The van der Waals surface area contributed by atoms with E-state index in [0.29, 0.717) is 37.4 Å². The first kappa shape index (κ1) is 35.3. The molecule has 3 N–H and O–H groups in total. The second-order valence-corrected chi connectivity index (χ2v) is 14.6. The second kappa shape index (κ2) is 16.2. The molecular weight excluding hydrogens is 722 g/mol. The van der Waals surface area contributed by atoms with Gasteiger partial charge in [-0.15, -0.1) is 12.4 Å². The standard InChI is InChI=1S/C31H37Br2N3O5S.ClH/c1-21(2)41-28-16-24(15-27(18-28)36-10-6-7-11-42(36,39)40)31(38)35-29(14-22-8-4-3-5-9-22)30(37)20-34-19-23-12-25(32)17-26(33)13-23;/h3-5,8-9,12-13,15-18,21,29-30,34,37H,6-7,10-11,14,19-20H2,1-2H3,(H,35,38);1H/t29-,30+;/m0./s1.